The summed E-state index contributed by atoms with van der Waals surface area (Å²) in [6.45, 7) is 40.0. The standard InChI is InChI=1S/C6H6.C4H4O.C4H4S.C3H3NO.C3H3NS.10C2H6.2CH4/c1-2-4-6-5-3-1;2*1-2-4-5-3-1;2*1-2-5-3-4-1;10*1-2;;/h1-6H;2*1-4H;2*1-3H;10*1-2H3;2*1H4. The third-order valence-electron chi connectivity index (χ3n) is 2.21. The first-order valence-electron chi connectivity index (χ1n) is 17.6. The Kier molecular flexibility index (Phi) is 256. The average molecular weight is 717 g/mol. The monoisotopic (exact) mass is 717 g/mol. The van der Waals surface area contributed by atoms with Crippen molar-refractivity contribution < 1.29 is 8.83 Å². The molecule has 0 N–H and O–H groups in total. The highest BCUT2D eigenvalue weighted by Crippen LogP contribution is 1.91. The van der Waals surface area contributed by atoms with Gasteiger partial charge in [-0.25, -0.2) is 4.98 Å². The second-order valence-corrected chi connectivity index (χ2v) is 5.66. The van der Waals surface area contributed by atoms with Crippen LogP contribution in [-0.2, 0) is 0 Å². The topological polar surface area (TPSA) is 52.1 Å². The van der Waals surface area contributed by atoms with Gasteiger partial charge in [0.05, 0.1) is 24.2 Å². The van der Waals surface area contributed by atoms with Crippen LogP contribution in [0.2, 0.25) is 0 Å². The third kappa shape index (κ3) is 143. The second kappa shape index (κ2) is 154. The van der Waals surface area contributed by atoms with Gasteiger partial charge >= 0.3 is 0 Å². The van der Waals surface area contributed by atoms with Crippen LogP contribution < -0.4 is 0 Å². The maximum absolute atomic E-state index is 4.58. The van der Waals surface area contributed by atoms with E-state index in [9.17, 15) is 0 Å². The Morgan fingerprint density at radius 1 is 0.333 bits per heavy atom. The Morgan fingerprint density at radius 3 is 0.792 bits per heavy atom. The predicted octanol–water partition coefficient (Wildman–Crippen LogP) is 18.1. The van der Waals surface area contributed by atoms with Crippen LogP contribution in [0.5, 0.6) is 0 Å². The molecule has 4 nitrogen and oxygen atoms in total. The molecule has 0 radical (unpaired) electrons. The second-order valence-electron chi connectivity index (χ2n) is 4.09. The Hall–Kier alpha value is -2.96. The van der Waals surface area contributed by atoms with Gasteiger partial charge in [0, 0.05) is 11.6 Å². The van der Waals surface area contributed by atoms with Crippen LogP contribution in [0.25, 0.3) is 0 Å². The van der Waals surface area contributed by atoms with Crippen molar-refractivity contribution in [2.24, 2.45) is 0 Å². The molecule has 4 aromatic heterocycles. The maximum Gasteiger partial charge on any atom is 0.180 e. The summed E-state index contributed by atoms with van der Waals surface area (Å²) in [5, 5.41) is 6.01. The Bertz CT molecular complexity index is 545. The Labute approximate surface area is 313 Å². The number of nitrogens with zero attached hydrogens (tertiary/aromatic N) is 2. The van der Waals surface area contributed by atoms with E-state index in [0.29, 0.717) is 0 Å². The number of oxazole rings is 1. The predicted molar refractivity (Wildman–Crippen MR) is 235 cm³/mol. The van der Waals surface area contributed by atoms with E-state index in [1.54, 1.807) is 53.1 Å². The molecular formula is C42H88N2O2S2. The molecule has 1 aromatic carbocycles. The minimum atomic E-state index is 0. The molecule has 0 bridgehead atoms. The van der Waals surface area contributed by atoms with Gasteiger partial charge in [-0.15, -0.1) is 11.3 Å². The van der Waals surface area contributed by atoms with Crippen molar-refractivity contribution in [1.29, 1.82) is 0 Å². The SMILES string of the molecule is C.C.CC.CC.CC.CC.CC.CC.CC.CC.CC.CC.c1ccccc1.c1ccoc1.c1ccsc1.c1cocn1.c1cscn1. The third-order valence-corrected chi connectivity index (χ3v) is 3.36. The van der Waals surface area contributed by atoms with Crippen molar-refractivity contribution in [3.05, 3.63) is 120 Å². The van der Waals surface area contributed by atoms with Crippen LogP contribution in [0.1, 0.15) is 153 Å². The van der Waals surface area contributed by atoms with E-state index in [4.69, 9.17) is 0 Å². The van der Waals surface area contributed by atoms with Crippen LogP contribution in [0.4, 0.5) is 0 Å². The van der Waals surface area contributed by atoms with Gasteiger partial charge in [0.2, 0.25) is 0 Å². The molecule has 0 saturated heterocycles. The van der Waals surface area contributed by atoms with Crippen molar-refractivity contribution in [2.45, 2.75) is 153 Å². The van der Waals surface area contributed by atoms with Gasteiger partial charge in [0.15, 0.2) is 6.39 Å². The lowest BCUT2D eigenvalue weighted by atomic mass is 10.4. The van der Waals surface area contributed by atoms with E-state index in [2.05, 4.69) is 18.8 Å². The Morgan fingerprint density at radius 2 is 0.688 bits per heavy atom. The number of benzene rings is 1. The van der Waals surface area contributed by atoms with E-state index < -0.39 is 0 Å². The summed E-state index contributed by atoms with van der Waals surface area (Å²) in [5.41, 5.74) is 1.79. The molecule has 5 aromatic rings. The fraction of sp³-hybridized carbons (Fsp3) is 0.524. The largest absolute Gasteiger partial charge is 0.473 e. The van der Waals surface area contributed by atoms with Crippen LogP contribution in [0.15, 0.2) is 129 Å². The highest BCUT2D eigenvalue weighted by molar-refractivity contribution is 7.07. The molecular weight excluding hydrogens is 629 g/mol. The number of hydrogen-bond donors (Lipinski definition) is 0. The molecule has 48 heavy (non-hydrogen) atoms. The van der Waals surface area contributed by atoms with Gasteiger partial charge in [-0.1, -0.05) is 202 Å². The van der Waals surface area contributed by atoms with Crippen molar-refractivity contribution in [3.63, 3.8) is 0 Å². The number of thiazole rings is 1. The summed E-state index contributed by atoms with van der Waals surface area (Å²) in [4.78, 5) is 7.30. The fourth-order valence-corrected chi connectivity index (χ4v) is 1.99. The first kappa shape index (κ1) is 80.0. The Balaban J connectivity index is -0.0000000297. The van der Waals surface area contributed by atoms with Crippen molar-refractivity contribution in [1.82, 2.24) is 9.97 Å². The molecule has 290 valence electrons. The molecule has 4 heterocycles. The van der Waals surface area contributed by atoms with Crippen molar-refractivity contribution >= 4 is 22.7 Å². The molecule has 5 rings (SSSR count). The molecule has 0 amide bonds. The number of aromatic nitrogens is 2. The first-order chi connectivity index (χ1) is 23.0. The summed E-state index contributed by atoms with van der Waals surface area (Å²) in [6, 6.07) is 19.7. The minimum absolute atomic E-state index is 0. The van der Waals surface area contributed by atoms with Gasteiger partial charge in [-0.05, 0) is 22.9 Å². The summed E-state index contributed by atoms with van der Waals surface area (Å²) in [5.74, 6) is 0. The van der Waals surface area contributed by atoms with Crippen LogP contribution in [-0.4, -0.2) is 9.97 Å². The van der Waals surface area contributed by atoms with E-state index in [1.165, 1.54) is 12.7 Å². The minimum Gasteiger partial charge on any atom is -0.473 e. The van der Waals surface area contributed by atoms with Crippen LogP contribution in [0.3, 0.4) is 0 Å². The molecule has 0 aliphatic rings. The fourth-order valence-electron chi connectivity index (χ4n) is 1.19. The molecule has 0 atom stereocenters. The average Bonchev–Trinajstić information content (AvgIpc) is 4.08. The molecule has 0 aliphatic heterocycles. The molecule has 0 aliphatic carbocycles. The number of hydrogen-bond acceptors (Lipinski definition) is 6. The molecule has 6 heteroatoms. The molecule has 0 saturated carbocycles. The summed E-state index contributed by atoms with van der Waals surface area (Å²) >= 11 is 3.31. The van der Waals surface area contributed by atoms with Crippen LogP contribution >= 0.6 is 22.7 Å². The van der Waals surface area contributed by atoms with Crippen LogP contribution in [0, 0.1) is 0 Å². The van der Waals surface area contributed by atoms with Gasteiger partial charge in [-0.2, -0.15) is 11.3 Å². The van der Waals surface area contributed by atoms with Gasteiger partial charge < -0.3 is 8.83 Å². The maximum atomic E-state index is 4.58. The van der Waals surface area contributed by atoms with E-state index in [-0.39, 0.29) is 14.9 Å². The highest BCUT2D eigenvalue weighted by Gasteiger charge is 1.61. The summed E-state index contributed by atoms with van der Waals surface area (Å²) in [7, 11) is 0. The zero-order valence-electron chi connectivity index (χ0n) is 34.1. The molecule has 0 spiro atoms. The molecule has 0 fully saturated rings. The van der Waals surface area contributed by atoms with Crippen molar-refractivity contribution in [3.8, 4) is 0 Å². The zero-order valence-corrected chi connectivity index (χ0v) is 35.7. The quantitative estimate of drug-likeness (QED) is 0.160. The number of furan rings is 1. The van der Waals surface area contributed by atoms with E-state index >= 15 is 0 Å². The van der Waals surface area contributed by atoms with Crippen molar-refractivity contribution in [2.75, 3.05) is 0 Å². The lowest BCUT2D eigenvalue weighted by Crippen LogP contribution is -1.47. The normalized spacial score (nSPS) is 5.58. The van der Waals surface area contributed by atoms with Gasteiger partial charge in [0.1, 0.15) is 6.26 Å². The van der Waals surface area contributed by atoms with E-state index in [1.807, 2.05) is 215 Å². The first-order valence-corrected chi connectivity index (χ1v) is 19.5. The number of thiophene rings is 1. The summed E-state index contributed by atoms with van der Waals surface area (Å²) in [6.07, 6.45) is 9.49. The zero-order chi connectivity index (χ0) is 38.4. The van der Waals surface area contributed by atoms with Gasteiger partial charge in [-0.3, -0.25) is 4.98 Å². The smallest absolute Gasteiger partial charge is 0.180 e. The van der Waals surface area contributed by atoms with Gasteiger partial charge in [0.25, 0.3) is 0 Å². The lowest BCUT2D eigenvalue weighted by Gasteiger charge is -1.69. The number of rotatable bonds is 0. The summed E-state index contributed by atoms with van der Waals surface area (Å²) < 4.78 is 9.06. The molecule has 0 unspecified atom stereocenters. The van der Waals surface area contributed by atoms with E-state index in [0.717, 1.165) is 0 Å². The lowest BCUT2D eigenvalue weighted by molar-refractivity contribution is 0.558. The highest BCUT2D eigenvalue weighted by atomic mass is 32.1.